The zero-order valence-electron chi connectivity index (χ0n) is 10.0. The number of carbonyl (C=O) groups is 1. The summed E-state index contributed by atoms with van der Waals surface area (Å²) < 4.78 is 0. The van der Waals surface area contributed by atoms with E-state index in [4.69, 9.17) is 0 Å². The van der Waals surface area contributed by atoms with Crippen molar-refractivity contribution in [2.24, 2.45) is 0 Å². The minimum absolute atomic E-state index is 0.442. The van der Waals surface area contributed by atoms with E-state index in [1.807, 2.05) is 12.1 Å². The van der Waals surface area contributed by atoms with E-state index in [2.05, 4.69) is 19.1 Å². The summed E-state index contributed by atoms with van der Waals surface area (Å²) in [5.74, 6) is 0. The Morgan fingerprint density at radius 1 is 1.25 bits per heavy atom. The van der Waals surface area contributed by atoms with Gasteiger partial charge in [-0.15, -0.1) is 0 Å². The quantitative estimate of drug-likeness (QED) is 0.677. The maximum Gasteiger partial charge on any atom is 0.150 e. The van der Waals surface area contributed by atoms with Crippen molar-refractivity contribution in [3.05, 3.63) is 35.4 Å². The summed E-state index contributed by atoms with van der Waals surface area (Å²) in [6.45, 7) is 2.25. The summed E-state index contributed by atoms with van der Waals surface area (Å²) in [5.41, 5.74) is 2.67. The van der Waals surface area contributed by atoms with Crippen molar-refractivity contribution < 1.29 is 4.79 Å². The average molecular weight is 216 g/mol. The predicted molar refractivity (Wildman–Crippen MR) is 66.9 cm³/mol. The van der Waals surface area contributed by atoms with Gasteiger partial charge in [0.05, 0.1) is 0 Å². The number of hydrogen-bond donors (Lipinski definition) is 0. The fraction of sp³-hybridized carbons (Fsp3) is 0.533. The molecule has 16 heavy (non-hydrogen) atoms. The fourth-order valence-electron chi connectivity index (χ4n) is 2.72. The van der Waals surface area contributed by atoms with E-state index in [1.165, 1.54) is 44.1 Å². The molecule has 2 rings (SSSR count). The number of hydrogen-bond acceptors (Lipinski definition) is 1. The lowest BCUT2D eigenvalue weighted by Crippen LogP contribution is -2.34. The van der Waals surface area contributed by atoms with Crippen LogP contribution in [0.4, 0.5) is 0 Å². The number of aldehydes is 1. The Kier molecular flexibility index (Phi) is 3.42. The third-order valence-electron chi connectivity index (χ3n) is 3.98. The smallest absolute Gasteiger partial charge is 0.150 e. The van der Waals surface area contributed by atoms with Crippen molar-refractivity contribution in [3.8, 4) is 0 Å². The van der Waals surface area contributed by atoms with Crippen LogP contribution in [0, 0.1) is 0 Å². The van der Waals surface area contributed by atoms with Crippen molar-refractivity contribution in [2.75, 3.05) is 0 Å². The first-order chi connectivity index (χ1) is 7.80. The van der Waals surface area contributed by atoms with E-state index in [-0.39, 0.29) is 0 Å². The van der Waals surface area contributed by atoms with Crippen LogP contribution < -0.4 is 0 Å². The lowest BCUT2D eigenvalue weighted by atomic mass is 9.62. The topological polar surface area (TPSA) is 17.1 Å². The Hall–Kier alpha value is -1.11. The molecule has 1 fully saturated rings. The van der Waals surface area contributed by atoms with Gasteiger partial charge in [-0.2, -0.15) is 0 Å². The molecule has 1 heteroatoms. The van der Waals surface area contributed by atoms with Crippen molar-refractivity contribution in [3.63, 3.8) is 0 Å². The second-order valence-corrected chi connectivity index (χ2v) is 4.98. The van der Waals surface area contributed by atoms with Crippen LogP contribution in [0.15, 0.2) is 24.3 Å². The van der Waals surface area contributed by atoms with Gasteiger partial charge in [-0.1, -0.05) is 50.5 Å². The number of unbranched alkanes of at least 4 members (excludes halogenated alkanes) is 1. The molecule has 1 saturated carbocycles. The highest BCUT2D eigenvalue weighted by Crippen LogP contribution is 2.47. The Bertz CT molecular complexity index is 346. The second kappa shape index (κ2) is 4.82. The summed E-state index contributed by atoms with van der Waals surface area (Å²) in [7, 11) is 0. The lowest BCUT2D eigenvalue weighted by molar-refractivity contribution is 0.112. The van der Waals surface area contributed by atoms with E-state index in [9.17, 15) is 4.79 Å². The zero-order valence-corrected chi connectivity index (χ0v) is 10.0. The van der Waals surface area contributed by atoms with Crippen LogP contribution in [0.3, 0.4) is 0 Å². The number of benzene rings is 1. The first-order valence-corrected chi connectivity index (χ1v) is 6.36. The minimum Gasteiger partial charge on any atom is -0.298 e. The zero-order chi connectivity index (χ0) is 11.4. The molecule has 1 aliphatic rings. The van der Waals surface area contributed by atoms with Gasteiger partial charge in [0.2, 0.25) is 0 Å². The highest BCUT2D eigenvalue weighted by molar-refractivity contribution is 5.74. The Morgan fingerprint density at radius 3 is 2.38 bits per heavy atom. The predicted octanol–water partition coefficient (Wildman–Crippen LogP) is 4.11. The molecule has 0 aliphatic heterocycles. The molecule has 1 aromatic carbocycles. The maximum absolute atomic E-state index is 10.6. The molecular weight excluding hydrogens is 196 g/mol. The van der Waals surface area contributed by atoms with Crippen LogP contribution in [0.25, 0.3) is 0 Å². The van der Waals surface area contributed by atoms with Gasteiger partial charge >= 0.3 is 0 Å². The van der Waals surface area contributed by atoms with Crippen LogP contribution in [0.5, 0.6) is 0 Å². The Morgan fingerprint density at radius 2 is 1.94 bits per heavy atom. The first kappa shape index (κ1) is 11.4. The molecule has 1 aromatic rings. The summed E-state index contributed by atoms with van der Waals surface area (Å²) in [6.07, 6.45) is 8.83. The van der Waals surface area contributed by atoms with Crippen molar-refractivity contribution >= 4 is 6.29 Å². The highest BCUT2D eigenvalue weighted by atomic mass is 16.1. The summed E-state index contributed by atoms with van der Waals surface area (Å²) in [6, 6.07) is 8.21. The van der Waals surface area contributed by atoms with E-state index in [1.54, 1.807) is 0 Å². The number of rotatable bonds is 5. The monoisotopic (exact) mass is 216 g/mol. The number of carbonyl (C=O) groups excluding carboxylic acids is 1. The molecule has 1 nitrogen and oxygen atoms in total. The molecule has 0 N–H and O–H groups in total. The molecule has 0 unspecified atom stereocenters. The summed E-state index contributed by atoms with van der Waals surface area (Å²) >= 11 is 0. The van der Waals surface area contributed by atoms with Gasteiger partial charge in [0.25, 0.3) is 0 Å². The largest absolute Gasteiger partial charge is 0.298 e. The summed E-state index contributed by atoms with van der Waals surface area (Å²) in [5, 5.41) is 0. The SMILES string of the molecule is CCCCC1(c2ccc(C=O)cc2)CCC1. The van der Waals surface area contributed by atoms with E-state index in [0.29, 0.717) is 5.41 Å². The molecule has 0 amide bonds. The van der Waals surface area contributed by atoms with Gasteiger partial charge < -0.3 is 0 Å². The molecule has 0 radical (unpaired) electrons. The second-order valence-electron chi connectivity index (χ2n) is 4.98. The molecule has 1 aliphatic carbocycles. The molecule has 0 spiro atoms. The van der Waals surface area contributed by atoms with E-state index < -0.39 is 0 Å². The van der Waals surface area contributed by atoms with Gasteiger partial charge in [-0.25, -0.2) is 0 Å². The summed E-state index contributed by atoms with van der Waals surface area (Å²) in [4.78, 5) is 10.6. The Labute approximate surface area is 97.9 Å². The maximum atomic E-state index is 10.6. The van der Waals surface area contributed by atoms with E-state index in [0.717, 1.165) is 11.8 Å². The van der Waals surface area contributed by atoms with Gasteiger partial charge in [0.15, 0.2) is 0 Å². The van der Waals surface area contributed by atoms with Crippen molar-refractivity contribution in [2.45, 2.75) is 50.9 Å². The van der Waals surface area contributed by atoms with Crippen LogP contribution >= 0.6 is 0 Å². The van der Waals surface area contributed by atoms with Crippen LogP contribution in [-0.4, -0.2) is 6.29 Å². The highest BCUT2D eigenvalue weighted by Gasteiger charge is 2.37. The van der Waals surface area contributed by atoms with Crippen molar-refractivity contribution in [1.29, 1.82) is 0 Å². The van der Waals surface area contributed by atoms with Gasteiger partial charge in [-0.05, 0) is 30.2 Å². The molecule has 0 saturated heterocycles. The third-order valence-corrected chi connectivity index (χ3v) is 3.98. The van der Waals surface area contributed by atoms with Gasteiger partial charge in [-0.3, -0.25) is 4.79 Å². The fourth-order valence-corrected chi connectivity index (χ4v) is 2.72. The first-order valence-electron chi connectivity index (χ1n) is 6.36. The Balaban J connectivity index is 2.16. The molecule has 0 bridgehead atoms. The molecule has 0 heterocycles. The van der Waals surface area contributed by atoms with Crippen LogP contribution in [0.2, 0.25) is 0 Å². The minimum atomic E-state index is 0.442. The molecule has 86 valence electrons. The third kappa shape index (κ3) is 2.04. The van der Waals surface area contributed by atoms with Gasteiger partial charge in [0.1, 0.15) is 6.29 Å². The van der Waals surface area contributed by atoms with Crippen LogP contribution in [-0.2, 0) is 5.41 Å². The normalized spacial score (nSPS) is 17.8. The van der Waals surface area contributed by atoms with Crippen molar-refractivity contribution in [1.82, 2.24) is 0 Å². The average Bonchev–Trinajstić information content (AvgIpc) is 2.29. The van der Waals surface area contributed by atoms with Crippen LogP contribution in [0.1, 0.15) is 61.4 Å². The molecular formula is C15H20O. The molecule has 0 aromatic heterocycles. The van der Waals surface area contributed by atoms with Gasteiger partial charge in [0, 0.05) is 5.56 Å². The molecule has 0 atom stereocenters. The lowest BCUT2D eigenvalue weighted by Gasteiger charge is -2.43. The van der Waals surface area contributed by atoms with E-state index >= 15 is 0 Å². The standard InChI is InChI=1S/C15H20O/c1-2-3-9-15(10-4-11-15)14-7-5-13(12-16)6-8-14/h5-8,12H,2-4,9-11H2,1H3.